The smallest absolute Gasteiger partial charge is 0.0705 e. The molecule has 0 aromatic heterocycles. The minimum atomic E-state index is 0.575. The average molecular weight is 252 g/mol. The zero-order valence-electron chi connectivity index (χ0n) is 11.8. The minimum absolute atomic E-state index is 0.575. The van der Waals surface area contributed by atoms with Crippen LogP contribution in [-0.4, -0.2) is 13.1 Å². The summed E-state index contributed by atoms with van der Waals surface area (Å²) in [5, 5.41) is 0. The molecule has 0 saturated heterocycles. The highest BCUT2D eigenvalue weighted by Gasteiger charge is 2.07. The van der Waals surface area contributed by atoms with E-state index in [1.807, 2.05) is 19.1 Å². The van der Waals surface area contributed by atoms with Crippen molar-refractivity contribution in [3.05, 3.63) is 23.8 Å². The Bertz CT molecular complexity index is 344. The third kappa shape index (κ3) is 4.21. The summed E-state index contributed by atoms with van der Waals surface area (Å²) in [6, 6.07) is 5.96. The molecule has 0 aliphatic rings. The number of aryl methyl sites for hydroxylation is 1. The molecular formula is C15H25FN2. The lowest BCUT2D eigenvalue weighted by Crippen LogP contribution is -2.25. The number of rotatable bonds is 8. The van der Waals surface area contributed by atoms with Gasteiger partial charge in [-0.25, -0.2) is 5.54 Å². The topological polar surface area (TPSA) is 15.3 Å². The maximum atomic E-state index is 12.7. The molecular weight excluding hydrogens is 227 g/mol. The molecule has 2 nitrogen and oxygen atoms in total. The molecule has 0 unspecified atom stereocenters. The first-order valence-electron chi connectivity index (χ1n) is 6.95. The second kappa shape index (κ2) is 7.96. The molecule has 0 heterocycles. The zero-order chi connectivity index (χ0) is 13.4. The molecule has 0 amide bonds. The van der Waals surface area contributed by atoms with E-state index in [0.717, 1.165) is 24.3 Å². The average Bonchev–Trinajstić information content (AvgIpc) is 2.40. The van der Waals surface area contributed by atoms with Crippen LogP contribution in [0, 0.1) is 6.92 Å². The number of nitrogens with one attached hydrogen (secondary N) is 1. The van der Waals surface area contributed by atoms with Gasteiger partial charge >= 0.3 is 0 Å². The molecule has 0 fully saturated rings. The summed E-state index contributed by atoms with van der Waals surface area (Å²) < 4.78 is 12.7. The first-order valence-corrected chi connectivity index (χ1v) is 6.95. The molecule has 1 aromatic rings. The summed E-state index contributed by atoms with van der Waals surface area (Å²) in [7, 11) is 0. The monoisotopic (exact) mass is 252 g/mol. The van der Waals surface area contributed by atoms with Crippen LogP contribution >= 0.6 is 0 Å². The van der Waals surface area contributed by atoms with E-state index in [-0.39, 0.29) is 0 Å². The van der Waals surface area contributed by atoms with E-state index in [2.05, 4.69) is 24.8 Å². The van der Waals surface area contributed by atoms with Gasteiger partial charge in [0, 0.05) is 18.8 Å². The number of anilines is 2. The minimum Gasteiger partial charge on any atom is -0.371 e. The lowest BCUT2D eigenvalue weighted by molar-refractivity contribution is 0.616. The highest BCUT2D eigenvalue weighted by Crippen LogP contribution is 2.24. The van der Waals surface area contributed by atoms with Crippen LogP contribution in [0.25, 0.3) is 0 Å². The summed E-state index contributed by atoms with van der Waals surface area (Å²) >= 11 is 0. The van der Waals surface area contributed by atoms with E-state index in [4.69, 9.17) is 0 Å². The number of hydrogen-bond acceptors (Lipinski definition) is 2. The lowest BCUT2D eigenvalue weighted by atomic mass is 10.1. The fraction of sp³-hybridized carbons (Fsp3) is 0.600. The van der Waals surface area contributed by atoms with Gasteiger partial charge in [-0.3, -0.25) is 0 Å². The van der Waals surface area contributed by atoms with Crippen LogP contribution in [0.1, 0.15) is 45.1 Å². The molecule has 0 radical (unpaired) electrons. The summed E-state index contributed by atoms with van der Waals surface area (Å²) in [4.78, 5) is 2.35. The Kier molecular flexibility index (Phi) is 6.55. The van der Waals surface area contributed by atoms with Crippen molar-refractivity contribution < 1.29 is 4.48 Å². The van der Waals surface area contributed by atoms with Crippen molar-refractivity contribution in [1.29, 1.82) is 0 Å². The third-order valence-electron chi connectivity index (χ3n) is 3.25. The largest absolute Gasteiger partial charge is 0.371 e. The van der Waals surface area contributed by atoms with E-state index in [0.29, 0.717) is 5.69 Å². The van der Waals surface area contributed by atoms with Gasteiger partial charge in [0.1, 0.15) is 0 Å². The first kappa shape index (κ1) is 14.8. The van der Waals surface area contributed by atoms with Gasteiger partial charge in [0.2, 0.25) is 0 Å². The summed E-state index contributed by atoms with van der Waals surface area (Å²) in [5.74, 6) is 0. The zero-order valence-corrected chi connectivity index (χ0v) is 11.8. The standard InChI is InChI=1S/C15H25FN2/c1-4-6-10-18(11-7-5-2)14-9-8-13(3)15(12-14)17-16/h8-9,12,17H,4-7,10-11H2,1-3H3. The summed E-state index contributed by atoms with van der Waals surface area (Å²) in [6.45, 7) is 8.40. The Hall–Kier alpha value is -1.25. The van der Waals surface area contributed by atoms with Crippen molar-refractivity contribution >= 4 is 11.4 Å². The number of nitrogens with zero attached hydrogens (tertiary/aromatic N) is 1. The van der Waals surface area contributed by atoms with Gasteiger partial charge in [-0.15, -0.1) is 4.48 Å². The predicted octanol–water partition coefficient (Wildman–Crippen LogP) is 4.70. The molecule has 3 heteroatoms. The van der Waals surface area contributed by atoms with Crippen molar-refractivity contribution in [1.82, 2.24) is 0 Å². The fourth-order valence-electron chi connectivity index (χ4n) is 1.98. The van der Waals surface area contributed by atoms with Crippen LogP contribution < -0.4 is 10.4 Å². The normalized spacial score (nSPS) is 10.4. The van der Waals surface area contributed by atoms with Gasteiger partial charge in [0.15, 0.2) is 0 Å². The molecule has 0 bridgehead atoms. The van der Waals surface area contributed by atoms with E-state index < -0.39 is 0 Å². The second-order valence-electron chi connectivity index (χ2n) is 4.79. The highest BCUT2D eigenvalue weighted by molar-refractivity contribution is 5.61. The summed E-state index contributed by atoms with van der Waals surface area (Å²) in [6.07, 6.45) is 4.72. The van der Waals surface area contributed by atoms with Crippen molar-refractivity contribution in [3.8, 4) is 0 Å². The Labute approximate surface area is 110 Å². The van der Waals surface area contributed by atoms with Crippen molar-refractivity contribution in [2.24, 2.45) is 0 Å². The predicted molar refractivity (Wildman–Crippen MR) is 77.9 cm³/mol. The number of halogens is 1. The van der Waals surface area contributed by atoms with Crippen LogP contribution in [0.15, 0.2) is 18.2 Å². The van der Waals surface area contributed by atoms with Crippen molar-refractivity contribution in [2.75, 3.05) is 23.5 Å². The number of benzene rings is 1. The Morgan fingerprint density at radius 1 is 1.11 bits per heavy atom. The van der Waals surface area contributed by atoms with Crippen LogP contribution in [0.5, 0.6) is 0 Å². The summed E-state index contributed by atoms with van der Waals surface area (Å²) in [5.41, 5.74) is 4.40. The second-order valence-corrected chi connectivity index (χ2v) is 4.79. The third-order valence-corrected chi connectivity index (χ3v) is 3.25. The van der Waals surface area contributed by atoms with Crippen molar-refractivity contribution in [2.45, 2.75) is 46.5 Å². The Morgan fingerprint density at radius 3 is 2.22 bits per heavy atom. The van der Waals surface area contributed by atoms with Gasteiger partial charge < -0.3 is 4.90 Å². The van der Waals surface area contributed by atoms with Gasteiger partial charge in [-0.05, 0) is 37.5 Å². The fourth-order valence-corrected chi connectivity index (χ4v) is 1.98. The van der Waals surface area contributed by atoms with Crippen LogP contribution in [-0.2, 0) is 0 Å². The van der Waals surface area contributed by atoms with Crippen LogP contribution in [0.4, 0.5) is 15.9 Å². The van der Waals surface area contributed by atoms with Crippen LogP contribution in [0.2, 0.25) is 0 Å². The quantitative estimate of drug-likeness (QED) is 0.675. The molecule has 1 aromatic carbocycles. The van der Waals surface area contributed by atoms with E-state index in [9.17, 15) is 4.48 Å². The Morgan fingerprint density at radius 2 is 1.72 bits per heavy atom. The molecule has 18 heavy (non-hydrogen) atoms. The molecule has 0 atom stereocenters. The molecule has 0 aliphatic heterocycles. The highest BCUT2D eigenvalue weighted by atomic mass is 19.2. The van der Waals surface area contributed by atoms with Gasteiger partial charge in [-0.1, -0.05) is 32.8 Å². The lowest BCUT2D eigenvalue weighted by Gasteiger charge is -2.25. The molecule has 1 N–H and O–H groups in total. The van der Waals surface area contributed by atoms with E-state index >= 15 is 0 Å². The molecule has 1 rings (SSSR count). The van der Waals surface area contributed by atoms with Gasteiger partial charge in [0.05, 0.1) is 5.69 Å². The Balaban J connectivity index is 2.82. The molecule has 0 aliphatic carbocycles. The maximum absolute atomic E-state index is 12.7. The van der Waals surface area contributed by atoms with E-state index in [1.54, 1.807) is 5.54 Å². The maximum Gasteiger partial charge on any atom is 0.0705 e. The molecule has 0 saturated carbocycles. The first-order chi connectivity index (χ1) is 8.72. The van der Waals surface area contributed by atoms with Gasteiger partial charge in [0.25, 0.3) is 0 Å². The van der Waals surface area contributed by atoms with Gasteiger partial charge in [-0.2, -0.15) is 0 Å². The van der Waals surface area contributed by atoms with Crippen LogP contribution in [0.3, 0.4) is 0 Å². The molecule has 0 spiro atoms. The molecule has 102 valence electrons. The number of unbranched alkanes of at least 4 members (excludes halogenated alkanes) is 2. The van der Waals surface area contributed by atoms with E-state index in [1.165, 1.54) is 25.7 Å². The van der Waals surface area contributed by atoms with Crippen molar-refractivity contribution in [3.63, 3.8) is 0 Å². The number of hydrogen-bond donors (Lipinski definition) is 1. The SMILES string of the molecule is CCCCN(CCCC)c1ccc(C)c(NF)c1.